The minimum Gasteiger partial charge on any atom is -0.480 e. The van der Waals surface area contributed by atoms with Gasteiger partial charge in [-0.05, 0) is 18.6 Å². The van der Waals surface area contributed by atoms with Gasteiger partial charge in [0.1, 0.15) is 21.2 Å². The van der Waals surface area contributed by atoms with Crippen LogP contribution < -0.4 is 4.72 Å². The number of carboxylic acid groups (broad SMARTS) is 1. The number of esters is 1. The van der Waals surface area contributed by atoms with E-state index in [0.29, 0.717) is 0 Å². The van der Waals surface area contributed by atoms with Crippen LogP contribution in [0.4, 0.5) is 0 Å². The summed E-state index contributed by atoms with van der Waals surface area (Å²) in [6, 6.07) is 2.87. The van der Waals surface area contributed by atoms with Crippen molar-refractivity contribution in [1.82, 2.24) is 4.72 Å². The lowest BCUT2D eigenvalue weighted by Crippen LogP contribution is -2.40. The molecule has 0 aromatic carbocycles. The quantitative estimate of drug-likeness (QED) is 0.686. The molecule has 0 aliphatic heterocycles. The van der Waals surface area contributed by atoms with Crippen molar-refractivity contribution in [2.45, 2.75) is 23.1 Å². The smallest absolute Gasteiger partial charge is 0.321 e. The van der Waals surface area contributed by atoms with Gasteiger partial charge in [0.15, 0.2) is 0 Å². The molecule has 0 bridgehead atoms. The summed E-state index contributed by atoms with van der Waals surface area (Å²) in [6.07, 6.45) is -0.471. The Kier molecular flexibility index (Phi) is 5.83. The highest BCUT2D eigenvalue weighted by Gasteiger charge is 2.27. The number of ether oxygens (including phenoxy) is 1. The number of carboxylic acids is 1. The number of carbonyl (C=O) groups excluding carboxylic acids is 1. The molecule has 2 N–H and O–H groups in total. The first-order valence-electron chi connectivity index (χ1n) is 5.62. The van der Waals surface area contributed by atoms with Gasteiger partial charge < -0.3 is 9.84 Å². The number of nitriles is 1. The molecule has 21 heavy (non-hydrogen) atoms. The molecular weight excluding hydrogens is 320 g/mol. The van der Waals surface area contributed by atoms with Gasteiger partial charge in [-0.25, -0.2) is 8.42 Å². The topological polar surface area (TPSA) is 134 Å². The van der Waals surface area contributed by atoms with E-state index in [1.807, 2.05) is 4.72 Å². The highest BCUT2D eigenvalue weighted by molar-refractivity contribution is 7.91. The average molecular weight is 332 g/mol. The summed E-state index contributed by atoms with van der Waals surface area (Å²) < 4.78 is 30.2. The van der Waals surface area contributed by atoms with E-state index in [2.05, 4.69) is 4.74 Å². The van der Waals surface area contributed by atoms with Gasteiger partial charge in [-0.1, -0.05) is 0 Å². The first-order chi connectivity index (χ1) is 9.80. The predicted molar refractivity (Wildman–Crippen MR) is 72.0 cm³/mol. The summed E-state index contributed by atoms with van der Waals surface area (Å²) >= 11 is 0.726. The lowest BCUT2D eigenvalue weighted by Gasteiger charge is -2.13. The van der Waals surface area contributed by atoms with Gasteiger partial charge in [0.05, 0.1) is 7.11 Å². The minimum absolute atomic E-state index is 0.164. The number of aliphatic carboxylic acids is 1. The van der Waals surface area contributed by atoms with Crippen LogP contribution in [0, 0.1) is 11.3 Å². The van der Waals surface area contributed by atoms with Crippen molar-refractivity contribution in [2.75, 3.05) is 7.11 Å². The zero-order chi connectivity index (χ0) is 16.0. The minimum atomic E-state index is -4.06. The standard InChI is InChI=1S/C11H12N2O6S2/c1-19-9(14)4-3-8(11(15)16)13-21(17,18)10-5-2-7(6-12)20-10/h2,5,8,13H,3-4H2,1H3,(H,15,16). The third-order valence-electron chi connectivity index (χ3n) is 2.42. The molecule has 1 aromatic heterocycles. The third-order valence-corrected chi connectivity index (χ3v) is 5.37. The van der Waals surface area contributed by atoms with E-state index in [1.165, 1.54) is 12.1 Å². The first kappa shape index (κ1) is 17.1. The van der Waals surface area contributed by atoms with Gasteiger partial charge in [0, 0.05) is 6.42 Å². The van der Waals surface area contributed by atoms with Crippen molar-refractivity contribution >= 4 is 33.3 Å². The highest BCUT2D eigenvalue weighted by atomic mass is 32.2. The number of thiophene rings is 1. The molecule has 1 heterocycles. The van der Waals surface area contributed by atoms with Crippen LogP contribution in [0.1, 0.15) is 17.7 Å². The van der Waals surface area contributed by atoms with Crippen LogP contribution in [-0.4, -0.2) is 38.6 Å². The lowest BCUT2D eigenvalue weighted by atomic mass is 10.2. The lowest BCUT2D eigenvalue weighted by molar-refractivity contribution is -0.142. The van der Waals surface area contributed by atoms with Crippen LogP contribution >= 0.6 is 11.3 Å². The third kappa shape index (κ3) is 4.82. The van der Waals surface area contributed by atoms with Crippen LogP contribution in [0.25, 0.3) is 0 Å². The largest absolute Gasteiger partial charge is 0.480 e. The number of carbonyl (C=O) groups is 2. The molecule has 0 saturated carbocycles. The Labute approximate surface area is 125 Å². The second-order valence-electron chi connectivity index (χ2n) is 3.86. The van der Waals surface area contributed by atoms with Crippen LogP contribution in [0.3, 0.4) is 0 Å². The van der Waals surface area contributed by atoms with Gasteiger partial charge in [-0.15, -0.1) is 11.3 Å². The van der Waals surface area contributed by atoms with Crippen LogP contribution in [0.15, 0.2) is 16.3 Å². The average Bonchev–Trinajstić information content (AvgIpc) is 2.92. The summed E-state index contributed by atoms with van der Waals surface area (Å²) in [7, 11) is -2.91. The van der Waals surface area contributed by atoms with Crippen molar-refractivity contribution in [3.63, 3.8) is 0 Å². The second kappa shape index (κ2) is 7.16. The number of hydrogen-bond donors (Lipinski definition) is 2. The Bertz CT molecular complexity index is 673. The Morgan fingerprint density at radius 2 is 2.19 bits per heavy atom. The fraction of sp³-hybridized carbons (Fsp3) is 0.364. The fourth-order valence-corrected chi connectivity index (χ4v) is 3.71. The van der Waals surface area contributed by atoms with Gasteiger partial charge in [0.2, 0.25) is 0 Å². The molecule has 8 nitrogen and oxygen atoms in total. The second-order valence-corrected chi connectivity index (χ2v) is 6.88. The molecule has 114 valence electrons. The fourth-order valence-electron chi connectivity index (χ4n) is 1.37. The maximum absolute atomic E-state index is 12.0. The van der Waals surface area contributed by atoms with Crippen molar-refractivity contribution in [3.8, 4) is 6.07 Å². The van der Waals surface area contributed by atoms with Crippen LogP contribution in [-0.2, 0) is 24.3 Å². The number of hydrogen-bond acceptors (Lipinski definition) is 7. The molecule has 1 rings (SSSR count). The van der Waals surface area contributed by atoms with E-state index in [1.54, 1.807) is 6.07 Å². The van der Waals surface area contributed by atoms with Crippen molar-refractivity contribution in [2.24, 2.45) is 0 Å². The molecule has 0 aliphatic carbocycles. The maximum Gasteiger partial charge on any atom is 0.321 e. The van der Waals surface area contributed by atoms with Crippen molar-refractivity contribution in [1.29, 1.82) is 5.26 Å². The molecule has 0 aliphatic rings. The van der Waals surface area contributed by atoms with Crippen LogP contribution in [0.5, 0.6) is 0 Å². The van der Waals surface area contributed by atoms with Crippen molar-refractivity contribution < 1.29 is 27.9 Å². The SMILES string of the molecule is COC(=O)CCC(NS(=O)(=O)c1ccc(C#N)s1)C(=O)O. The molecule has 10 heteroatoms. The molecule has 1 aromatic rings. The summed E-state index contributed by atoms with van der Waals surface area (Å²) in [5.74, 6) is -2.04. The Morgan fingerprint density at radius 3 is 2.67 bits per heavy atom. The van der Waals surface area contributed by atoms with E-state index in [-0.39, 0.29) is 21.9 Å². The molecule has 0 saturated heterocycles. The Balaban J connectivity index is 2.85. The molecule has 0 spiro atoms. The Morgan fingerprint density at radius 1 is 1.52 bits per heavy atom. The first-order valence-corrected chi connectivity index (χ1v) is 7.92. The van der Waals surface area contributed by atoms with Crippen LogP contribution in [0.2, 0.25) is 0 Å². The molecule has 1 unspecified atom stereocenters. The number of nitrogens with one attached hydrogen (secondary N) is 1. The zero-order valence-corrected chi connectivity index (χ0v) is 12.5. The summed E-state index contributed by atoms with van der Waals surface area (Å²) in [5.41, 5.74) is 0. The molecule has 1 atom stereocenters. The summed E-state index contributed by atoms with van der Waals surface area (Å²) in [4.78, 5) is 22.2. The highest BCUT2D eigenvalue weighted by Crippen LogP contribution is 2.21. The number of rotatable bonds is 7. The predicted octanol–water partition coefficient (Wildman–Crippen LogP) is 0.304. The molecule has 0 fully saturated rings. The monoisotopic (exact) mass is 332 g/mol. The molecule has 0 radical (unpaired) electrons. The Hall–Kier alpha value is -1.96. The number of nitrogens with zero attached hydrogens (tertiary/aromatic N) is 1. The normalized spacial score (nSPS) is 12.4. The maximum atomic E-state index is 12.0. The van der Waals surface area contributed by atoms with Gasteiger partial charge in [-0.2, -0.15) is 9.98 Å². The van der Waals surface area contributed by atoms with E-state index in [9.17, 15) is 18.0 Å². The van der Waals surface area contributed by atoms with E-state index in [0.717, 1.165) is 18.4 Å². The van der Waals surface area contributed by atoms with Gasteiger partial charge in [-0.3, -0.25) is 9.59 Å². The number of sulfonamides is 1. The zero-order valence-electron chi connectivity index (χ0n) is 10.9. The van der Waals surface area contributed by atoms with E-state index < -0.39 is 28.0 Å². The summed E-state index contributed by atoms with van der Waals surface area (Å²) in [5, 5.41) is 17.7. The van der Waals surface area contributed by atoms with E-state index in [4.69, 9.17) is 10.4 Å². The molecule has 0 amide bonds. The van der Waals surface area contributed by atoms with Gasteiger partial charge in [0.25, 0.3) is 10.0 Å². The van der Waals surface area contributed by atoms with Gasteiger partial charge >= 0.3 is 11.9 Å². The summed E-state index contributed by atoms with van der Waals surface area (Å²) in [6.45, 7) is 0. The number of methoxy groups -OCH3 is 1. The van der Waals surface area contributed by atoms with Crippen molar-refractivity contribution in [3.05, 3.63) is 17.0 Å². The van der Waals surface area contributed by atoms with E-state index >= 15 is 0 Å². The molecular formula is C11H12N2O6S2.